The number of benzene rings is 3. The van der Waals surface area contributed by atoms with Crippen LogP contribution in [-0.2, 0) is 4.74 Å². The number of amides is 1. The summed E-state index contributed by atoms with van der Waals surface area (Å²) in [4.78, 5) is 40.5. The van der Waals surface area contributed by atoms with Gasteiger partial charge in [-0.15, -0.1) is 0 Å². The number of carbonyl (C=O) groups is 2. The van der Waals surface area contributed by atoms with E-state index in [4.69, 9.17) is 20.8 Å². The monoisotopic (exact) mass is 523 g/mol. The van der Waals surface area contributed by atoms with Gasteiger partial charge in [-0.3, -0.25) is 14.5 Å². The molecule has 0 aliphatic carbocycles. The van der Waals surface area contributed by atoms with Gasteiger partial charge in [-0.25, -0.2) is 4.79 Å². The van der Waals surface area contributed by atoms with E-state index in [0.717, 1.165) is 4.47 Å². The lowest BCUT2D eigenvalue weighted by atomic mass is 9.97. The second-order valence-corrected chi connectivity index (χ2v) is 8.83. The van der Waals surface area contributed by atoms with Gasteiger partial charge in [0.15, 0.2) is 5.43 Å². The lowest BCUT2D eigenvalue weighted by Crippen LogP contribution is -2.29. The smallest absolute Gasteiger partial charge is 0.337 e. The largest absolute Gasteiger partial charge is 0.465 e. The van der Waals surface area contributed by atoms with Crippen molar-refractivity contribution in [2.24, 2.45) is 0 Å². The van der Waals surface area contributed by atoms with Crippen LogP contribution < -0.4 is 10.3 Å². The highest BCUT2D eigenvalue weighted by molar-refractivity contribution is 9.10. The number of halogens is 2. The second kappa shape index (κ2) is 8.17. The molecule has 33 heavy (non-hydrogen) atoms. The lowest BCUT2D eigenvalue weighted by molar-refractivity contribution is 0.0600. The van der Waals surface area contributed by atoms with Crippen LogP contribution in [0.1, 0.15) is 38.1 Å². The van der Waals surface area contributed by atoms with Crippen LogP contribution in [0.4, 0.5) is 5.69 Å². The second-order valence-electron chi connectivity index (χ2n) is 7.48. The molecule has 0 fully saturated rings. The molecule has 1 atom stereocenters. The molecular weight excluding hydrogens is 510 g/mol. The fourth-order valence-electron chi connectivity index (χ4n) is 4.05. The molecule has 0 spiro atoms. The number of methoxy groups -OCH3 is 1. The van der Waals surface area contributed by atoms with Gasteiger partial charge in [-0.05, 0) is 60.2 Å². The van der Waals surface area contributed by atoms with E-state index in [9.17, 15) is 14.4 Å². The van der Waals surface area contributed by atoms with Crippen molar-refractivity contribution >= 4 is 56.1 Å². The summed E-state index contributed by atoms with van der Waals surface area (Å²) in [5.74, 6) is -0.919. The average molecular weight is 525 g/mol. The summed E-state index contributed by atoms with van der Waals surface area (Å²) in [6.07, 6.45) is 0. The van der Waals surface area contributed by atoms with E-state index in [-0.39, 0.29) is 22.3 Å². The molecule has 1 unspecified atom stereocenters. The normalized spacial score (nSPS) is 15.1. The van der Waals surface area contributed by atoms with E-state index in [0.29, 0.717) is 27.2 Å². The summed E-state index contributed by atoms with van der Waals surface area (Å²) >= 11 is 9.52. The molecule has 1 aliphatic rings. The number of anilines is 1. The van der Waals surface area contributed by atoms with Crippen LogP contribution in [0, 0.1) is 0 Å². The number of carbonyl (C=O) groups excluding carboxylic acids is 2. The molecule has 1 aliphatic heterocycles. The van der Waals surface area contributed by atoms with E-state index in [1.54, 1.807) is 48.5 Å². The fraction of sp³-hybridized carbons (Fsp3) is 0.0800. The summed E-state index contributed by atoms with van der Waals surface area (Å²) in [7, 11) is 1.30. The summed E-state index contributed by atoms with van der Waals surface area (Å²) in [5.41, 5.74) is 1.78. The van der Waals surface area contributed by atoms with Gasteiger partial charge in [0.05, 0.1) is 29.7 Å². The minimum absolute atomic E-state index is 0.0141. The van der Waals surface area contributed by atoms with Crippen LogP contribution in [0.3, 0.4) is 0 Å². The Morgan fingerprint density at radius 2 is 1.73 bits per heavy atom. The Bertz CT molecular complexity index is 1480. The van der Waals surface area contributed by atoms with Gasteiger partial charge in [0.2, 0.25) is 5.76 Å². The standard InChI is InChI=1S/C25H15BrClNO5/c1-32-25(31)14-4-2-13(3-5-14)21-20-22(29)18-12-16(27)8-11-19(18)33-23(20)24(30)28(21)17-9-6-15(26)7-10-17/h2-12,21H,1H3. The molecule has 0 radical (unpaired) electrons. The predicted molar refractivity (Wildman–Crippen MR) is 128 cm³/mol. The van der Waals surface area contributed by atoms with Crippen LogP contribution in [0.2, 0.25) is 5.02 Å². The highest BCUT2D eigenvalue weighted by Gasteiger charge is 2.43. The molecule has 8 heteroatoms. The Kier molecular flexibility index (Phi) is 5.31. The van der Waals surface area contributed by atoms with Gasteiger partial charge in [-0.1, -0.05) is 39.7 Å². The maximum absolute atomic E-state index is 13.6. The van der Waals surface area contributed by atoms with Crippen molar-refractivity contribution in [2.75, 3.05) is 12.0 Å². The average Bonchev–Trinajstić information content (AvgIpc) is 3.12. The first-order chi connectivity index (χ1) is 15.9. The Morgan fingerprint density at radius 1 is 1.03 bits per heavy atom. The zero-order valence-electron chi connectivity index (χ0n) is 17.2. The molecule has 0 saturated heterocycles. The van der Waals surface area contributed by atoms with Gasteiger partial charge >= 0.3 is 5.97 Å². The number of rotatable bonds is 3. The van der Waals surface area contributed by atoms with Crippen LogP contribution in [-0.4, -0.2) is 19.0 Å². The van der Waals surface area contributed by atoms with Crippen molar-refractivity contribution in [1.82, 2.24) is 0 Å². The summed E-state index contributed by atoms with van der Waals surface area (Å²) in [6.45, 7) is 0. The van der Waals surface area contributed by atoms with E-state index in [1.807, 2.05) is 12.1 Å². The van der Waals surface area contributed by atoms with Crippen molar-refractivity contribution in [3.05, 3.63) is 109 Å². The molecule has 4 aromatic rings. The third-order valence-electron chi connectivity index (χ3n) is 5.58. The molecule has 5 rings (SSSR count). The van der Waals surface area contributed by atoms with Crippen LogP contribution in [0.5, 0.6) is 0 Å². The first-order valence-corrected chi connectivity index (χ1v) is 11.1. The summed E-state index contributed by atoms with van der Waals surface area (Å²) in [5, 5.41) is 0.686. The zero-order chi connectivity index (χ0) is 23.3. The first-order valence-electron chi connectivity index (χ1n) is 9.92. The maximum atomic E-state index is 13.6. The van der Waals surface area contributed by atoms with Crippen molar-refractivity contribution in [2.45, 2.75) is 6.04 Å². The van der Waals surface area contributed by atoms with Crippen LogP contribution in [0.25, 0.3) is 11.0 Å². The number of hydrogen-bond donors (Lipinski definition) is 0. The number of esters is 1. The molecule has 1 amide bonds. The van der Waals surface area contributed by atoms with Crippen LogP contribution >= 0.6 is 27.5 Å². The molecule has 0 bridgehead atoms. The highest BCUT2D eigenvalue weighted by atomic mass is 79.9. The van der Waals surface area contributed by atoms with E-state index in [2.05, 4.69) is 15.9 Å². The number of ether oxygens (including phenoxy) is 1. The van der Waals surface area contributed by atoms with Gasteiger partial charge in [0, 0.05) is 15.2 Å². The first kappa shape index (κ1) is 21.4. The maximum Gasteiger partial charge on any atom is 0.337 e. The number of fused-ring (bicyclic) bond motifs is 2. The number of hydrogen-bond acceptors (Lipinski definition) is 5. The van der Waals surface area contributed by atoms with Gasteiger partial charge in [-0.2, -0.15) is 0 Å². The molecule has 3 aromatic carbocycles. The van der Waals surface area contributed by atoms with E-state index >= 15 is 0 Å². The molecule has 1 aromatic heterocycles. The minimum atomic E-state index is -0.750. The lowest BCUT2D eigenvalue weighted by Gasteiger charge is -2.25. The molecule has 6 nitrogen and oxygen atoms in total. The van der Waals surface area contributed by atoms with Gasteiger partial charge in [0.25, 0.3) is 5.91 Å². The molecule has 0 saturated carbocycles. The van der Waals surface area contributed by atoms with Gasteiger partial charge in [0.1, 0.15) is 5.58 Å². The highest BCUT2D eigenvalue weighted by Crippen LogP contribution is 2.41. The van der Waals surface area contributed by atoms with E-state index in [1.165, 1.54) is 18.1 Å². The predicted octanol–water partition coefficient (Wildman–Crippen LogP) is 5.75. The van der Waals surface area contributed by atoms with Crippen LogP contribution in [0.15, 0.2) is 80.4 Å². The number of nitrogens with zero attached hydrogens (tertiary/aromatic N) is 1. The summed E-state index contributed by atoms with van der Waals surface area (Å²) < 4.78 is 11.5. The Hall–Kier alpha value is -3.42. The Labute approximate surface area is 201 Å². The van der Waals surface area contributed by atoms with Crippen molar-refractivity contribution in [3.8, 4) is 0 Å². The quantitative estimate of drug-likeness (QED) is 0.319. The topological polar surface area (TPSA) is 76.8 Å². The molecular formula is C25H15BrClNO5. The third kappa shape index (κ3) is 3.53. The fourth-order valence-corrected chi connectivity index (χ4v) is 4.48. The zero-order valence-corrected chi connectivity index (χ0v) is 19.5. The Balaban J connectivity index is 1.76. The minimum Gasteiger partial charge on any atom is -0.465 e. The third-order valence-corrected chi connectivity index (χ3v) is 6.35. The van der Waals surface area contributed by atoms with Gasteiger partial charge < -0.3 is 9.15 Å². The molecule has 2 heterocycles. The molecule has 0 N–H and O–H groups in total. The Morgan fingerprint density at radius 3 is 2.39 bits per heavy atom. The van der Waals surface area contributed by atoms with Crippen molar-refractivity contribution in [3.63, 3.8) is 0 Å². The summed E-state index contributed by atoms with van der Waals surface area (Å²) in [6, 6.07) is 17.8. The SMILES string of the molecule is COC(=O)c1ccc(C2c3c(oc4ccc(Cl)cc4c3=O)C(=O)N2c2ccc(Br)cc2)cc1. The van der Waals surface area contributed by atoms with E-state index < -0.39 is 17.9 Å². The van der Waals surface area contributed by atoms with Crippen molar-refractivity contribution < 1.29 is 18.7 Å². The van der Waals surface area contributed by atoms with Crippen molar-refractivity contribution in [1.29, 1.82) is 0 Å². The molecule has 164 valence electrons.